The zero-order chi connectivity index (χ0) is 15.7. The molecule has 1 saturated carbocycles. The van der Waals surface area contributed by atoms with E-state index in [1.165, 1.54) is 0 Å². The number of aryl methyl sites for hydroxylation is 2. The van der Waals surface area contributed by atoms with E-state index in [1.54, 1.807) is 6.07 Å². The van der Waals surface area contributed by atoms with Gasteiger partial charge in [-0.2, -0.15) is 0 Å². The van der Waals surface area contributed by atoms with Gasteiger partial charge in [0.25, 0.3) is 11.5 Å². The maximum atomic E-state index is 12.2. The van der Waals surface area contributed by atoms with Crippen LogP contribution in [0.25, 0.3) is 0 Å². The minimum Gasteiger partial charge on any atom is -0.481 e. The maximum Gasteiger partial charge on any atom is 0.306 e. The van der Waals surface area contributed by atoms with Gasteiger partial charge in [-0.1, -0.05) is 6.42 Å². The number of pyridine rings is 1. The van der Waals surface area contributed by atoms with Crippen molar-refractivity contribution in [3.63, 3.8) is 0 Å². The molecule has 1 aromatic heterocycles. The Kier molecular flexibility index (Phi) is 4.00. The van der Waals surface area contributed by atoms with E-state index in [1.807, 2.05) is 0 Å². The number of hydrogen-bond donors (Lipinski definition) is 3. The Morgan fingerprint density at radius 3 is 2.64 bits per heavy atom. The van der Waals surface area contributed by atoms with E-state index < -0.39 is 11.9 Å². The van der Waals surface area contributed by atoms with Crippen LogP contribution in [0.1, 0.15) is 53.7 Å². The number of aliphatic carboxylic acids is 1. The number of carbonyl (C=O) groups is 2. The molecule has 0 bridgehead atoms. The molecule has 0 radical (unpaired) electrons. The average Bonchev–Trinajstić information content (AvgIpc) is 2.65. The lowest BCUT2D eigenvalue weighted by atomic mass is 9.80. The molecule has 22 heavy (non-hydrogen) atoms. The Balaban J connectivity index is 1.72. The van der Waals surface area contributed by atoms with E-state index in [4.69, 9.17) is 5.11 Å². The number of nitrogens with one attached hydrogen (secondary N) is 2. The van der Waals surface area contributed by atoms with Gasteiger partial charge in [-0.3, -0.25) is 14.4 Å². The number of hydrogen-bond acceptors (Lipinski definition) is 3. The molecule has 2 aliphatic rings. The van der Waals surface area contributed by atoms with Crippen molar-refractivity contribution in [2.24, 2.45) is 5.92 Å². The predicted octanol–water partition coefficient (Wildman–Crippen LogP) is 1.24. The summed E-state index contributed by atoms with van der Waals surface area (Å²) in [6.07, 6.45) is 5.88. The highest BCUT2D eigenvalue weighted by molar-refractivity contribution is 5.94. The normalized spacial score (nSPS) is 23.8. The van der Waals surface area contributed by atoms with Gasteiger partial charge in [0.15, 0.2) is 0 Å². The zero-order valence-electron chi connectivity index (χ0n) is 12.4. The minimum atomic E-state index is -0.826. The molecule has 6 nitrogen and oxygen atoms in total. The standard InChI is InChI=1S/C16H20N2O4/c19-14(17-11-6-10(7-11)16(21)22)12-8-9-4-2-1-3-5-13(9)18-15(12)20/h8,10-11H,1-7H2,(H,17,19)(H,18,20)(H,21,22). The number of rotatable bonds is 3. The van der Waals surface area contributed by atoms with Crippen molar-refractivity contribution in [2.45, 2.75) is 51.0 Å². The third-order valence-corrected chi connectivity index (χ3v) is 4.66. The van der Waals surface area contributed by atoms with Crippen molar-refractivity contribution >= 4 is 11.9 Å². The van der Waals surface area contributed by atoms with Crippen LogP contribution in [0.15, 0.2) is 10.9 Å². The monoisotopic (exact) mass is 304 g/mol. The van der Waals surface area contributed by atoms with Crippen molar-refractivity contribution in [2.75, 3.05) is 0 Å². The quantitative estimate of drug-likeness (QED) is 0.731. The number of aromatic amines is 1. The van der Waals surface area contributed by atoms with Gasteiger partial charge >= 0.3 is 5.97 Å². The highest BCUT2D eigenvalue weighted by atomic mass is 16.4. The summed E-state index contributed by atoms with van der Waals surface area (Å²) in [5.74, 6) is -1.61. The Bertz CT molecular complexity index is 659. The number of carboxylic acids is 1. The smallest absolute Gasteiger partial charge is 0.306 e. The number of carbonyl (C=O) groups excluding carboxylic acids is 1. The first-order valence-electron chi connectivity index (χ1n) is 7.83. The van der Waals surface area contributed by atoms with E-state index in [9.17, 15) is 14.4 Å². The minimum absolute atomic E-state index is 0.138. The van der Waals surface area contributed by atoms with Gasteiger partial charge in [-0.25, -0.2) is 0 Å². The van der Waals surface area contributed by atoms with Gasteiger partial charge in [0.2, 0.25) is 0 Å². The third-order valence-electron chi connectivity index (χ3n) is 4.66. The van der Waals surface area contributed by atoms with E-state index >= 15 is 0 Å². The van der Waals surface area contributed by atoms with Crippen LogP contribution in [0, 0.1) is 5.92 Å². The lowest BCUT2D eigenvalue weighted by Gasteiger charge is -2.32. The Hall–Kier alpha value is -2.11. The van der Waals surface area contributed by atoms with Gasteiger partial charge in [0, 0.05) is 11.7 Å². The summed E-state index contributed by atoms with van der Waals surface area (Å²) in [6, 6.07) is 1.56. The van der Waals surface area contributed by atoms with Gasteiger partial charge in [0.1, 0.15) is 5.56 Å². The van der Waals surface area contributed by atoms with Gasteiger partial charge in [0.05, 0.1) is 5.92 Å². The molecule has 0 aromatic carbocycles. The second kappa shape index (κ2) is 5.94. The summed E-state index contributed by atoms with van der Waals surface area (Å²) >= 11 is 0. The first-order chi connectivity index (χ1) is 10.5. The fourth-order valence-corrected chi connectivity index (χ4v) is 3.22. The number of H-pyrrole nitrogens is 1. The summed E-state index contributed by atoms with van der Waals surface area (Å²) in [4.78, 5) is 37.9. The van der Waals surface area contributed by atoms with Crippen molar-refractivity contribution in [1.29, 1.82) is 0 Å². The van der Waals surface area contributed by atoms with Crippen LogP contribution in [0.4, 0.5) is 0 Å². The van der Waals surface area contributed by atoms with Crippen molar-refractivity contribution in [3.05, 3.63) is 33.2 Å². The highest BCUT2D eigenvalue weighted by Crippen LogP contribution is 2.27. The second-order valence-electron chi connectivity index (χ2n) is 6.25. The highest BCUT2D eigenvalue weighted by Gasteiger charge is 2.35. The number of fused-ring (bicyclic) bond motifs is 1. The fourth-order valence-electron chi connectivity index (χ4n) is 3.22. The largest absolute Gasteiger partial charge is 0.481 e. The van der Waals surface area contributed by atoms with Crippen LogP contribution in [0.2, 0.25) is 0 Å². The van der Waals surface area contributed by atoms with Crippen LogP contribution < -0.4 is 10.9 Å². The SMILES string of the molecule is O=C(NC1CC(C(=O)O)C1)c1cc2c([nH]c1=O)CCCCC2. The second-order valence-corrected chi connectivity index (χ2v) is 6.25. The molecule has 0 atom stereocenters. The van der Waals surface area contributed by atoms with E-state index in [0.29, 0.717) is 12.8 Å². The average molecular weight is 304 g/mol. The molecule has 0 saturated heterocycles. The summed E-state index contributed by atoms with van der Waals surface area (Å²) in [5, 5.41) is 11.6. The molecule has 6 heteroatoms. The Morgan fingerprint density at radius 2 is 1.91 bits per heavy atom. The Morgan fingerprint density at radius 1 is 1.18 bits per heavy atom. The molecule has 2 aliphatic carbocycles. The Labute approximate surface area is 127 Å². The van der Waals surface area contributed by atoms with Crippen LogP contribution in [0.3, 0.4) is 0 Å². The summed E-state index contributed by atoms with van der Waals surface area (Å²) in [5.41, 5.74) is 1.79. The molecule has 118 valence electrons. The van der Waals surface area contributed by atoms with Gasteiger partial charge < -0.3 is 15.4 Å². The first-order valence-corrected chi connectivity index (χ1v) is 7.83. The van der Waals surface area contributed by atoms with E-state index in [-0.39, 0.29) is 23.1 Å². The number of aromatic nitrogens is 1. The van der Waals surface area contributed by atoms with Gasteiger partial charge in [-0.05, 0) is 50.2 Å². The molecule has 3 N–H and O–H groups in total. The van der Waals surface area contributed by atoms with Crippen LogP contribution in [0.5, 0.6) is 0 Å². The molecule has 3 rings (SSSR count). The lowest BCUT2D eigenvalue weighted by molar-refractivity contribution is -0.145. The molecule has 0 aliphatic heterocycles. The van der Waals surface area contributed by atoms with E-state index in [2.05, 4.69) is 10.3 Å². The lowest BCUT2D eigenvalue weighted by Crippen LogP contribution is -2.47. The molecule has 1 fully saturated rings. The fraction of sp³-hybridized carbons (Fsp3) is 0.562. The third kappa shape index (κ3) is 2.91. The number of amides is 1. The van der Waals surface area contributed by atoms with Crippen molar-refractivity contribution in [1.82, 2.24) is 10.3 Å². The molecular weight excluding hydrogens is 284 g/mol. The molecule has 1 amide bonds. The van der Waals surface area contributed by atoms with Crippen LogP contribution >= 0.6 is 0 Å². The molecule has 0 unspecified atom stereocenters. The summed E-state index contributed by atoms with van der Waals surface area (Å²) in [6.45, 7) is 0. The van der Waals surface area contributed by atoms with Gasteiger partial charge in [-0.15, -0.1) is 0 Å². The predicted molar refractivity (Wildman–Crippen MR) is 79.9 cm³/mol. The molecule has 1 heterocycles. The number of carboxylic acid groups (broad SMARTS) is 1. The molecular formula is C16H20N2O4. The first kappa shape index (κ1) is 14.8. The molecule has 1 aromatic rings. The zero-order valence-corrected chi connectivity index (χ0v) is 12.4. The van der Waals surface area contributed by atoms with Crippen LogP contribution in [-0.2, 0) is 17.6 Å². The van der Waals surface area contributed by atoms with Crippen LogP contribution in [-0.4, -0.2) is 28.0 Å². The topological polar surface area (TPSA) is 99.3 Å². The summed E-state index contributed by atoms with van der Waals surface area (Å²) in [7, 11) is 0. The van der Waals surface area contributed by atoms with Crippen molar-refractivity contribution in [3.8, 4) is 0 Å². The summed E-state index contributed by atoms with van der Waals surface area (Å²) < 4.78 is 0. The van der Waals surface area contributed by atoms with E-state index in [0.717, 1.165) is 43.4 Å². The van der Waals surface area contributed by atoms with Crippen molar-refractivity contribution < 1.29 is 14.7 Å². The molecule has 0 spiro atoms. The maximum absolute atomic E-state index is 12.2.